The summed E-state index contributed by atoms with van der Waals surface area (Å²) in [5.41, 5.74) is 1.73. The smallest absolute Gasteiger partial charge is 0.262 e. The van der Waals surface area contributed by atoms with Crippen LogP contribution < -0.4 is 10.3 Å². The van der Waals surface area contributed by atoms with Gasteiger partial charge in [0.2, 0.25) is 0 Å². The Hall–Kier alpha value is -3.94. The summed E-state index contributed by atoms with van der Waals surface area (Å²) in [6.07, 6.45) is 3.22. The molecule has 8 heteroatoms. The number of piperidine rings is 1. The number of likely N-dealkylation sites (tertiary alicyclic amines) is 1. The summed E-state index contributed by atoms with van der Waals surface area (Å²) in [6, 6.07) is 16.8. The molecule has 1 aliphatic heterocycles. The SMILES string of the molecule is COc1cccc(C(=O)N2CCCC(c3nc4c(cnn4-c4ccccc4)c(=O)[nH]3)C2)c1. The Morgan fingerprint density at radius 2 is 2.00 bits per heavy atom. The fraction of sp³-hybridized carbons (Fsp3) is 0.250. The molecule has 1 amide bonds. The summed E-state index contributed by atoms with van der Waals surface area (Å²) in [7, 11) is 1.58. The number of aromatic amines is 1. The summed E-state index contributed by atoms with van der Waals surface area (Å²) in [5.74, 6) is 1.12. The predicted molar refractivity (Wildman–Crippen MR) is 120 cm³/mol. The van der Waals surface area contributed by atoms with Crippen LogP contribution in [0.1, 0.15) is 34.9 Å². The lowest BCUT2D eigenvalue weighted by Crippen LogP contribution is -2.39. The minimum absolute atomic E-state index is 0.0497. The molecular weight excluding hydrogens is 406 g/mol. The van der Waals surface area contributed by atoms with Gasteiger partial charge >= 0.3 is 0 Å². The molecule has 32 heavy (non-hydrogen) atoms. The van der Waals surface area contributed by atoms with Crippen molar-refractivity contribution in [2.45, 2.75) is 18.8 Å². The van der Waals surface area contributed by atoms with E-state index in [4.69, 9.17) is 9.72 Å². The zero-order valence-corrected chi connectivity index (χ0v) is 17.7. The number of fused-ring (bicyclic) bond motifs is 1. The molecular formula is C24H23N5O3. The van der Waals surface area contributed by atoms with Crippen molar-refractivity contribution in [3.05, 3.63) is 82.5 Å². The van der Waals surface area contributed by atoms with Crippen molar-refractivity contribution in [2.24, 2.45) is 0 Å². The lowest BCUT2D eigenvalue weighted by atomic mass is 9.96. The van der Waals surface area contributed by atoms with Crippen LogP contribution >= 0.6 is 0 Å². The monoisotopic (exact) mass is 429 g/mol. The maximum absolute atomic E-state index is 13.1. The third kappa shape index (κ3) is 3.64. The number of amides is 1. The van der Waals surface area contributed by atoms with Crippen LogP contribution in [0.3, 0.4) is 0 Å². The third-order valence-corrected chi connectivity index (χ3v) is 5.87. The number of ether oxygens (including phenoxy) is 1. The maximum Gasteiger partial charge on any atom is 0.262 e. The Kier molecular flexibility index (Phi) is 5.18. The van der Waals surface area contributed by atoms with E-state index in [1.165, 1.54) is 6.20 Å². The molecule has 2 aromatic carbocycles. The number of rotatable bonds is 4. The molecule has 4 aromatic rings. The standard InChI is InChI=1S/C24H23N5O3/c1-32-19-11-5-7-16(13-19)24(31)28-12-6-8-17(15-28)21-26-22-20(23(30)27-21)14-25-29(22)18-9-3-2-4-10-18/h2-5,7,9-11,13-14,17H,6,8,12,15H2,1H3,(H,26,27,30). The predicted octanol–water partition coefficient (Wildman–Crippen LogP) is 3.14. The number of aromatic nitrogens is 4. The fourth-order valence-corrected chi connectivity index (χ4v) is 4.21. The number of hydrogen-bond acceptors (Lipinski definition) is 5. The molecule has 3 heterocycles. The Morgan fingerprint density at radius 3 is 2.81 bits per heavy atom. The molecule has 0 radical (unpaired) electrons. The van der Waals surface area contributed by atoms with Gasteiger partial charge in [-0.1, -0.05) is 24.3 Å². The van der Waals surface area contributed by atoms with E-state index in [9.17, 15) is 9.59 Å². The van der Waals surface area contributed by atoms with Crippen LogP contribution in [-0.2, 0) is 0 Å². The number of carbonyl (C=O) groups is 1. The number of methoxy groups -OCH3 is 1. The molecule has 0 bridgehead atoms. The average Bonchev–Trinajstić information content (AvgIpc) is 3.29. The first-order valence-electron chi connectivity index (χ1n) is 10.6. The lowest BCUT2D eigenvalue weighted by molar-refractivity contribution is 0.0704. The summed E-state index contributed by atoms with van der Waals surface area (Å²) in [6.45, 7) is 1.16. The lowest BCUT2D eigenvalue weighted by Gasteiger charge is -2.32. The summed E-state index contributed by atoms with van der Waals surface area (Å²) in [4.78, 5) is 35.4. The first-order chi connectivity index (χ1) is 15.6. The van der Waals surface area contributed by atoms with E-state index >= 15 is 0 Å². The van der Waals surface area contributed by atoms with Crippen molar-refractivity contribution < 1.29 is 9.53 Å². The molecule has 1 fully saturated rings. The van der Waals surface area contributed by atoms with E-state index in [1.807, 2.05) is 47.4 Å². The van der Waals surface area contributed by atoms with Gasteiger partial charge in [0.15, 0.2) is 5.65 Å². The summed E-state index contributed by atoms with van der Waals surface area (Å²) < 4.78 is 6.92. The Bertz CT molecular complexity index is 1330. The molecule has 1 N–H and O–H groups in total. The van der Waals surface area contributed by atoms with Crippen LogP contribution in [0.25, 0.3) is 16.7 Å². The molecule has 2 aromatic heterocycles. The highest BCUT2D eigenvalue weighted by Crippen LogP contribution is 2.27. The van der Waals surface area contributed by atoms with E-state index in [-0.39, 0.29) is 17.4 Å². The number of hydrogen-bond donors (Lipinski definition) is 1. The second-order valence-corrected chi connectivity index (χ2v) is 7.90. The van der Waals surface area contributed by atoms with Gasteiger partial charge in [0, 0.05) is 24.6 Å². The van der Waals surface area contributed by atoms with Gasteiger partial charge in [-0.3, -0.25) is 9.59 Å². The van der Waals surface area contributed by atoms with Crippen LogP contribution in [-0.4, -0.2) is 50.8 Å². The zero-order chi connectivity index (χ0) is 22.1. The van der Waals surface area contributed by atoms with Crippen LogP contribution in [0, 0.1) is 0 Å². The van der Waals surface area contributed by atoms with E-state index < -0.39 is 0 Å². The van der Waals surface area contributed by atoms with Gasteiger partial charge in [0.25, 0.3) is 11.5 Å². The van der Waals surface area contributed by atoms with Gasteiger partial charge in [0.1, 0.15) is 17.0 Å². The van der Waals surface area contributed by atoms with E-state index in [0.717, 1.165) is 18.5 Å². The van der Waals surface area contributed by atoms with Gasteiger partial charge in [-0.2, -0.15) is 5.10 Å². The third-order valence-electron chi connectivity index (χ3n) is 5.87. The fourth-order valence-electron chi connectivity index (χ4n) is 4.21. The molecule has 0 saturated carbocycles. The quantitative estimate of drug-likeness (QED) is 0.538. The number of nitrogens with one attached hydrogen (secondary N) is 1. The Morgan fingerprint density at radius 1 is 1.16 bits per heavy atom. The van der Waals surface area contributed by atoms with Crippen molar-refractivity contribution >= 4 is 16.9 Å². The van der Waals surface area contributed by atoms with Crippen LogP contribution in [0.15, 0.2) is 65.6 Å². The van der Waals surface area contributed by atoms with Crippen molar-refractivity contribution in [1.29, 1.82) is 0 Å². The maximum atomic E-state index is 13.1. The van der Waals surface area contributed by atoms with Crippen LogP contribution in [0.4, 0.5) is 0 Å². The van der Waals surface area contributed by atoms with Crippen molar-refractivity contribution in [3.8, 4) is 11.4 Å². The number of para-hydroxylation sites is 1. The van der Waals surface area contributed by atoms with E-state index in [1.54, 1.807) is 23.9 Å². The minimum Gasteiger partial charge on any atom is -0.497 e. The molecule has 1 saturated heterocycles. The zero-order valence-electron chi connectivity index (χ0n) is 17.7. The van der Waals surface area contributed by atoms with Gasteiger partial charge < -0.3 is 14.6 Å². The van der Waals surface area contributed by atoms with Crippen molar-refractivity contribution in [2.75, 3.05) is 20.2 Å². The average molecular weight is 429 g/mol. The minimum atomic E-state index is -0.219. The van der Waals surface area contributed by atoms with Gasteiger partial charge in [-0.15, -0.1) is 0 Å². The van der Waals surface area contributed by atoms with Crippen molar-refractivity contribution in [1.82, 2.24) is 24.6 Å². The van der Waals surface area contributed by atoms with Crippen LogP contribution in [0.5, 0.6) is 5.75 Å². The Balaban J connectivity index is 1.46. The molecule has 0 spiro atoms. The largest absolute Gasteiger partial charge is 0.497 e. The van der Waals surface area contributed by atoms with Gasteiger partial charge in [-0.25, -0.2) is 9.67 Å². The number of H-pyrrole nitrogens is 1. The normalized spacial score (nSPS) is 16.3. The number of nitrogens with zero attached hydrogens (tertiary/aromatic N) is 4. The van der Waals surface area contributed by atoms with E-state index in [0.29, 0.717) is 41.3 Å². The molecule has 1 atom stereocenters. The first kappa shape index (κ1) is 20.0. The number of benzene rings is 2. The Labute approximate surface area is 184 Å². The number of carbonyl (C=O) groups excluding carboxylic acids is 1. The first-order valence-corrected chi connectivity index (χ1v) is 10.6. The second kappa shape index (κ2) is 8.30. The highest BCUT2D eigenvalue weighted by Gasteiger charge is 2.28. The van der Waals surface area contributed by atoms with Crippen LogP contribution in [0.2, 0.25) is 0 Å². The molecule has 8 nitrogen and oxygen atoms in total. The summed E-state index contributed by atoms with van der Waals surface area (Å²) in [5, 5.41) is 4.81. The molecule has 1 unspecified atom stereocenters. The molecule has 5 rings (SSSR count). The molecule has 0 aliphatic carbocycles. The highest BCUT2D eigenvalue weighted by atomic mass is 16.5. The summed E-state index contributed by atoms with van der Waals surface area (Å²) >= 11 is 0. The molecule has 162 valence electrons. The second-order valence-electron chi connectivity index (χ2n) is 7.90. The highest BCUT2D eigenvalue weighted by molar-refractivity contribution is 5.94. The van der Waals surface area contributed by atoms with Gasteiger partial charge in [0.05, 0.1) is 19.0 Å². The topological polar surface area (TPSA) is 93.1 Å². The van der Waals surface area contributed by atoms with Gasteiger partial charge in [-0.05, 0) is 43.2 Å². The molecule has 1 aliphatic rings. The van der Waals surface area contributed by atoms with E-state index in [2.05, 4.69) is 10.1 Å². The van der Waals surface area contributed by atoms with Crippen molar-refractivity contribution in [3.63, 3.8) is 0 Å².